The molecular weight excluding hydrogens is 857 g/mol. The van der Waals surface area contributed by atoms with Crippen LogP contribution in [-0.4, -0.2) is 129 Å². The Kier molecular flexibility index (Phi) is 20.2. The van der Waals surface area contributed by atoms with E-state index in [1.54, 1.807) is 0 Å². The monoisotopic (exact) mass is 925 g/mol. The lowest BCUT2D eigenvalue weighted by Gasteiger charge is -2.26. The molecule has 4 aromatic heterocycles. The van der Waals surface area contributed by atoms with E-state index in [2.05, 4.69) is 77.6 Å². The molecule has 0 aliphatic carbocycles. The van der Waals surface area contributed by atoms with Gasteiger partial charge in [0.25, 0.3) is 0 Å². The van der Waals surface area contributed by atoms with E-state index in [1.807, 2.05) is 97.6 Å². The first kappa shape index (κ1) is 50.2. The van der Waals surface area contributed by atoms with Gasteiger partial charge in [-0.2, -0.15) is 0 Å². The van der Waals surface area contributed by atoms with Gasteiger partial charge in [-0.3, -0.25) is 39.5 Å². The van der Waals surface area contributed by atoms with Crippen LogP contribution in [0.2, 0.25) is 0 Å². The van der Waals surface area contributed by atoms with Crippen LogP contribution in [0.1, 0.15) is 56.2 Å². The standard InChI is InChI=1S/C54H68N8O6/c1-43-31-45-35-59(39-49-11-3-7-15-55-49)19-23-65-27-29-67-25-21-61(41-51-13-5-9-17-57-51)37-47-33-44(2)34-48(54(47)64)38-62(42-52-14-6-10-18-58-52)22-26-68-30-28-66-24-20-60(36-46(32-43)53(45)63)40-50-12-4-8-16-56-50/h3-18,31-34,63-64H,19-30,35-42H2,1-2H3. The lowest BCUT2D eigenvalue weighted by atomic mass is 10.0. The number of phenols is 2. The Bertz CT molecular complexity index is 2040. The number of fused-ring (bicyclic) bond motifs is 4. The number of rotatable bonds is 8. The molecule has 0 fully saturated rings. The molecule has 1 aliphatic rings. The number of aromatic hydroxyl groups is 2. The second-order valence-corrected chi connectivity index (χ2v) is 17.4. The average molecular weight is 925 g/mol. The molecule has 5 heterocycles. The summed E-state index contributed by atoms with van der Waals surface area (Å²) >= 11 is 0. The van der Waals surface area contributed by atoms with Crippen LogP contribution in [-0.2, 0) is 71.3 Å². The summed E-state index contributed by atoms with van der Waals surface area (Å²) in [7, 11) is 0. The minimum absolute atomic E-state index is 0.294. The molecule has 0 radical (unpaired) electrons. The van der Waals surface area contributed by atoms with Gasteiger partial charge in [-0.25, -0.2) is 0 Å². The molecule has 0 saturated carbocycles. The summed E-state index contributed by atoms with van der Waals surface area (Å²) in [4.78, 5) is 27.5. The first-order chi connectivity index (χ1) is 33.3. The Morgan fingerprint density at radius 1 is 0.382 bits per heavy atom. The average Bonchev–Trinajstić information content (AvgIpc) is 3.34. The van der Waals surface area contributed by atoms with Crippen molar-refractivity contribution < 1.29 is 29.2 Å². The van der Waals surface area contributed by atoms with Crippen molar-refractivity contribution in [2.24, 2.45) is 0 Å². The molecule has 4 bridgehead atoms. The number of pyridine rings is 4. The summed E-state index contributed by atoms with van der Waals surface area (Å²) < 4.78 is 24.6. The van der Waals surface area contributed by atoms with Crippen LogP contribution in [0.25, 0.3) is 0 Å². The van der Waals surface area contributed by atoms with Crippen molar-refractivity contribution in [2.75, 3.05) is 79.0 Å². The number of nitrogens with zero attached hydrogens (tertiary/aromatic N) is 8. The van der Waals surface area contributed by atoms with Gasteiger partial charge in [-0.1, -0.05) is 59.7 Å². The predicted molar refractivity (Wildman–Crippen MR) is 262 cm³/mol. The van der Waals surface area contributed by atoms with Crippen molar-refractivity contribution in [3.63, 3.8) is 0 Å². The quantitative estimate of drug-likeness (QED) is 0.161. The van der Waals surface area contributed by atoms with Crippen molar-refractivity contribution in [1.82, 2.24) is 39.5 Å². The Labute approximate surface area is 402 Å². The van der Waals surface area contributed by atoms with Gasteiger partial charge in [0.05, 0.1) is 75.6 Å². The van der Waals surface area contributed by atoms with Crippen LogP contribution >= 0.6 is 0 Å². The summed E-state index contributed by atoms with van der Waals surface area (Å²) in [6.45, 7) is 14.9. The van der Waals surface area contributed by atoms with E-state index in [9.17, 15) is 10.2 Å². The fourth-order valence-electron chi connectivity index (χ4n) is 8.47. The maximum absolute atomic E-state index is 11.9. The number of ether oxygens (including phenoxy) is 4. The minimum Gasteiger partial charge on any atom is -0.507 e. The lowest BCUT2D eigenvalue weighted by Crippen LogP contribution is -2.30. The summed E-state index contributed by atoms with van der Waals surface area (Å²) in [5.74, 6) is 0.588. The fourth-order valence-corrected chi connectivity index (χ4v) is 8.47. The van der Waals surface area contributed by atoms with Gasteiger partial charge in [-0.15, -0.1) is 0 Å². The molecule has 2 aromatic carbocycles. The zero-order valence-electron chi connectivity index (χ0n) is 39.8. The highest BCUT2D eigenvalue weighted by atomic mass is 16.5. The first-order valence-corrected chi connectivity index (χ1v) is 23.8. The highest BCUT2D eigenvalue weighted by Gasteiger charge is 2.20. The highest BCUT2D eigenvalue weighted by molar-refractivity contribution is 5.44. The van der Waals surface area contributed by atoms with E-state index in [1.165, 1.54) is 0 Å². The van der Waals surface area contributed by atoms with E-state index in [0.717, 1.165) is 56.2 Å². The van der Waals surface area contributed by atoms with Gasteiger partial charge in [0.1, 0.15) is 11.5 Å². The van der Waals surface area contributed by atoms with E-state index < -0.39 is 0 Å². The Balaban J connectivity index is 1.08. The van der Waals surface area contributed by atoms with E-state index >= 15 is 0 Å². The zero-order chi connectivity index (χ0) is 47.2. The maximum atomic E-state index is 11.9. The molecule has 0 saturated heterocycles. The number of benzene rings is 2. The Morgan fingerprint density at radius 2 is 0.632 bits per heavy atom. The third-order valence-corrected chi connectivity index (χ3v) is 11.8. The molecule has 0 spiro atoms. The number of aryl methyl sites for hydroxylation is 2. The van der Waals surface area contributed by atoms with Gasteiger partial charge in [0.15, 0.2) is 0 Å². The topological polar surface area (TPSA) is 142 Å². The highest BCUT2D eigenvalue weighted by Crippen LogP contribution is 2.30. The number of hydrogen-bond donors (Lipinski definition) is 2. The molecule has 0 atom stereocenters. The lowest BCUT2D eigenvalue weighted by molar-refractivity contribution is 0.0276. The molecule has 6 aromatic rings. The maximum Gasteiger partial charge on any atom is 0.124 e. The van der Waals surface area contributed by atoms with E-state index in [-0.39, 0.29) is 0 Å². The molecule has 14 nitrogen and oxygen atoms in total. The predicted octanol–water partition coefficient (Wildman–Crippen LogP) is 7.08. The summed E-state index contributed by atoms with van der Waals surface area (Å²) in [6, 6.07) is 32.1. The normalized spacial score (nSPS) is 17.1. The van der Waals surface area contributed by atoms with Gasteiger partial charge in [0, 0.05) is 126 Å². The molecular formula is C54H68N8O6. The van der Waals surface area contributed by atoms with Crippen molar-refractivity contribution in [2.45, 2.75) is 66.2 Å². The number of aromatic nitrogens is 4. The molecule has 7 rings (SSSR count). The molecule has 0 amide bonds. The second kappa shape index (κ2) is 27.3. The third kappa shape index (κ3) is 16.8. The van der Waals surface area contributed by atoms with Crippen molar-refractivity contribution in [3.8, 4) is 11.5 Å². The summed E-state index contributed by atoms with van der Waals surface area (Å²) in [6.07, 6.45) is 7.24. The molecule has 14 heteroatoms. The van der Waals surface area contributed by atoms with Crippen LogP contribution < -0.4 is 0 Å². The minimum atomic E-state index is 0.294. The second-order valence-electron chi connectivity index (χ2n) is 17.4. The van der Waals surface area contributed by atoms with Gasteiger partial charge in [-0.05, 0) is 62.4 Å². The Morgan fingerprint density at radius 3 is 0.853 bits per heavy atom. The van der Waals surface area contributed by atoms with Gasteiger partial charge in [0.2, 0.25) is 0 Å². The largest absolute Gasteiger partial charge is 0.507 e. The van der Waals surface area contributed by atoms with Crippen molar-refractivity contribution in [3.05, 3.63) is 178 Å². The molecule has 0 unspecified atom stereocenters. The van der Waals surface area contributed by atoms with Crippen molar-refractivity contribution >= 4 is 0 Å². The van der Waals surface area contributed by atoms with E-state index in [0.29, 0.717) is 143 Å². The number of phenolic OH excluding ortho intramolecular Hbond substituents is 2. The van der Waals surface area contributed by atoms with Crippen LogP contribution in [0.5, 0.6) is 11.5 Å². The zero-order valence-corrected chi connectivity index (χ0v) is 39.8. The van der Waals surface area contributed by atoms with Gasteiger partial charge >= 0.3 is 0 Å². The third-order valence-electron chi connectivity index (χ3n) is 11.8. The van der Waals surface area contributed by atoms with Crippen molar-refractivity contribution in [1.29, 1.82) is 0 Å². The van der Waals surface area contributed by atoms with Crippen LogP contribution in [0.4, 0.5) is 0 Å². The van der Waals surface area contributed by atoms with Crippen LogP contribution in [0, 0.1) is 13.8 Å². The van der Waals surface area contributed by atoms with Crippen LogP contribution in [0.15, 0.2) is 122 Å². The molecule has 68 heavy (non-hydrogen) atoms. The SMILES string of the molecule is Cc1cc2c(O)c(c1)CN(Cc1ccccn1)CCOCCOCCN(Cc1ccccn1)Cc1cc(C)cc(c1O)CN(Cc1ccccn1)CCOCCOCCN(Cc1ccccn1)C2. The molecule has 360 valence electrons. The summed E-state index contributed by atoms with van der Waals surface area (Å²) in [5.41, 5.74) is 9.36. The number of hydrogen-bond acceptors (Lipinski definition) is 14. The Hall–Kier alpha value is -5.68. The smallest absolute Gasteiger partial charge is 0.124 e. The fraction of sp³-hybridized carbons (Fsp3) is 0.407. The van der Waals surface area contributed by atoms with E-state index in [4.69, 9.17) is 18.9 Å². The first-order valence-electron chi connectivity index (χ1n) is 23.8. The molecule has 1 aliphatic heterocycles. The molecule has 2 N–H and O–H groups in total. The summed E-state index contributed by atoms with van der Waals surface area (Å²) in [5, 5.41) is 23.8. The van der Waals surface area contributed by atoms with Crippen LogP contribution in [0.3, 0.4) is 0 Å². The van der Waals surface area contributed by atoms with Gasteiger partial charge < -0.3 is 29.2 Å².